The molecule has 2 aromatic rings. The van der Waals surface area contributed by atoms with Crippen molar-refractivity contribution >= 4 is 19.0 Å². The van der Waals surface area contributed by atoms with E-state index in [1.54, 1.807) is 41.6 Å². The molecule has 1 aromatic heterocycles. The third kappa shape index (κ3) is 4.22. The van der Waals surface area contributed by atoms with Crippen molar-refractivity contribution in [2.24, 2.45) is 0 Å². The standard InChI is InChI=1S/C16H21N2O6P/c1-21-14-8-13(9-15(22-2)16(14)19)18(11-25(20,23-3)24-4)12-6-5-7-17-10-12/h5-10,19H,11H2,1-4H3. The van der Waals surface area contributed by atoms with Crippen molar-refractivity contribution in [1.29, 1.82) is 0 Å². The fraction of sp³-hybridized carbons (Fsp3) is 0.312. The van der Waals surface area contributed by atoms with Crippen LogP contribution in [0.2, 0.25) is 0 Å². The number of rotatable bonds is 8. The highest BCUT2D eigenvalue weighted by molar-refractivity contribution is 7.53. The van der Waals surface area contributed by atoms with Crippen LogP contribution in [-0.4, -0.2) is 44.8 Å². The van der Waals surface area contributed by atoms with Gasteiger partial charge in [-0.05, 0) is 12.1 Å². The molecule has 0 atom stereocenters. The zero-order chi connectivity index (χ0) is 18.4. The smallest absolute Gasteiger partial charge is 0.349 e. The van der Waals surface area contributed by atoms with Crippen LogP contribution >= 0.6 is 7.60 Å². The Morgan fingerprint density at radius 1 is 1.08 bits per heavy atom. The van der Waals surface area contributed by atoms with Gasteiger partial charge in [-0.2, -0.15) is 0 Å². The summed E-state index contributed by atoms with van der Waals surface area (Å²) in [5.41, 5.74) is 1.22. The molecule has 0 radical (unpaired) electrons. The molecule has 2 rings (SSSR count). The number of methoxy groups -OCH3 is 2. The first-order valence-corrected chi connectivity index (χ1v) is 9.04. The van der Waals surface area contributed by atoms with E-state index in [0.29, 0.717) is 11.4 Å². The van der Waals surface area contributed by atoms with Crippen LogP contribution in [0.5, 0.6) is 17.2 Å². The minimum absolute atomic E-state index is 0.0667. The number of hydrogen-bond donors (Lipinski definition) is 1. The first-order valence-electron chi connectivity index (χ1n) is 7.31. The highest BCUT2D eigenvalue weighted by Crippen LogP contribution is 2.50. The molecular formula is C16H21N2O6P. The van der Waals surface area contributed by atoms with Gasteiger partial charge in [0.15, 0.2) is 11.5 Å². The van der Waals surface area contributed by atoms with Crippen LogP contribution in [0.3, 0.4) is 0 Å². The molecule has 25 heavy (non-hydrogen) atoms. The number of anilines is 2. The Labute approximate surface area is 146 Å². The van der Waals surface area contributed by atoms with Crippen molar-refractivity contribution in [2.75, 3.05) is 39.6 Å². The van der Waals surface area contributed by atoms with Crippen LogP contribution < -0.4 is 14.4 Å². The summed E-state index contributed by atoms with van der Waals surface area (Å²) in [7, 11) is 2.14. The van der Waals surface area contributed by atoms with Crippen molar-refractivity contribution in [3.8, 4) is 17.2 Å². The molecule has 1 heterocycles. The SMILES string of the molecule is COc1cc(N(CP(=O)(OC)OC)c2cccnc2)cc(OC)c1O. The molecule has 136 valence electrons. The van der Waals surface area contributed by atoms with Gasteiger partial charge in [0.2, 0.25) is 5.75 Å². The van der Waals surface area contributed by atoms with Gasteiger partial charge >= 0.3 is 7.60 Å². The van der Waals surface area contributed by atoms with E-state index in [-0.39, 0.29) is 23.5 Å². The molecule has 0 aliphatic heterocycles. The van der Waals surface area contributed by atoms with Crippen LogP contribution in [-0.2, 0) is 13.6 Å². The average Bonchev–Trinajstić information content (AvgIpc) is 2.67. The first kappa shape index (κ1) is 19.1. The predicted octanol–water partition coefficient (Wildman–Crippen LogP) is 3.39. The van der Waals surface area contributed by atoms with Gasteiger partial charge in [-0.25, -0.2) is 0 Å². The highest BCUT2D eigenvalue weighted by Gasteiger charge is 2.28. The average molecular weight is 368 g/mol. The van der Waals surface area contributed by atoms with Crippen molar-refractivity contribution in [1.82, 2.24) is 4.98 Å². The Morgan fingerprint density at radius 2 is 1.68 bits per heavy atom. The fourth-order valence-corrected chi connectivity index (χ4v) is 3.28. The van der Waals surface area contributed by atoms with Gasteiger partial charge in [0.25, 0.3) is 0 Å². The number of nitrogens with zero attached hydrogens (tertiary/aromatic N) is 2. The number of aromatic hydroxyl groups is 1. The molecule has 0 saturated heterocycles. The Morgan fingerprint density at radius 3 is 2.12 bits per heavy atom. The van der Waals surface area contributed by atoms with Gasteiger partial charge in [-0.1, -0.05) is 0 Å². The van der Waals surface area contributed by atoms with Crippen molar-refractivity contribution in [3.63, 3.8) is 0 Å². The molecule has 1 N–H and O–H groups in total. The van der Waals surface area contributed by atoms with Gasteiger partial charge in [-0.3, -0.25) is 9.55 Å². The second-order valence-corrected chi connectivity index (χ2v) is 7.19. The summed E-state index contributed by atoms with van der Waals surface area (Å²) < 4.78 is 33.2. The van der Waals surface area contributed by atoms with Crippen LogP contribution in [0.25, 0.3) is 0 Å². The molecule has 8 nitrogen and oxygen atoms in total. The van der Waals surface area contributed by atoms with E-state index in [4.69, 9.17) is 18.5 Å². The third-order valence-electron chi connectivity index (χ3n) is 3.60. The number of phenolic OH excluding ortho intramolecular Hbond substituents is 1. The van der Waals surface area contributed by atoms with Gasteiger partial charge in [0, 0.05) is 38.2 Å². The van der Waals surface area contributed by atoms with E-state index in [2.05, 4.69) is 4.98 Å². The number of hydrogen-bond acceptors (Lipinski definition) is 8. The largest absolute Gasteiger partial charge is 0.502 e. The van der Waals surface area contributed by atoms with E-state index in [9.17, 15) is 9.67 Å². The minimum Gasteiger partial charge on any atom is -0.502 e. The molecule has 0 aliphatic carbocycles. The first-order chi connectivity index (χ1) is 12.0. The predicted molar refractivity (Wildman–Crippen MR) is 94.1 cm³/mol. The minimum atomic E-state index is -3.37. The third-order valence-corrected chi connectivity index (χ3v) is 5.35. The van der Waals surface area contributed by atoms with Crippen LogP contribution in [0.1, 0.15) is 0 Å². The molecule has 0 spiro atoms. The lowest BCUT2D eigenvalue weighted by Gasteiger charge is -2.28. The Balaban J connectivity index is 2.58. The van der Waals surface area contributed by atoms with Crippen LogP contribution in [0.4, 0.5) is 11.4 Å². The quantitative estimate of drug-likeness (QED) is 0.709. The molecule has 0 fully saturated rings. The van der Waals surface area contributed by atoms with Gasteiger partial charge in [0.05, 0.1) is 26.1 Å². The fourth-order valence-electron chi connectivity index (χ4n) is 2.22. The second-order valence-electron chi connectivity index (χ2n) is 4.96. The van der Waals surface area contributed by atoms with Crippen LogP contribution in [0, 0.1) is 0 Å². The van der Waals surface area contributed by atoms with E-state index in [1.165, 1.54) is 28.4 Å². The molecule has 9 heteroatoms. The lowest BCUT2D eigenvalue weighted by atomic mass is 10.2. The molecule has 1 aromatic carbocycles. The summed E-state index contributed by atoms with van der Waals surface area (Å²) in [4.78, 5) is 5.78. The number of aromatic nitrogens is 1. The van der Waals surface area contributed by atoms with Crippen LogP contribution in [0.15, 0.2) is 36.7 Å². The zero-order valence-electron chi connectivity index (χ0n) is 14.5. The van der Waals surface area contributed by atoms with Crippen molar-refractivity contribution < 1.29 is 28.2 Å². The van der Waals surface area contributed by atoms with Crippen molar-refractivity contribution in [3.05, 3.63) is 36.7 Å². The lowest BCUT2D eigenvalue weighted by Crippen LogP contribution is -2.20. The van der Waals surface area contributed by atoms with Gasteiger partial charge in [0.1, 0.15) is 6.29 Å². The molecule has 0 unspecified atom stereocenters. The monoisotopic (exact) mass is 368 g/mol. The maximum atomic E-state index is 12.7. The summed E-state index contributed by atoms with van der Waals surface area (Å²) in [6.45, 7) is 0. The van der Waals surface area contributed by atoms with E-state index < -0.39 is 7.60 Å². The Hall–Kier alpha value is -2.28. The van der Waals surface area contributed by atoms with Gasteiger partial charge < -0.3 is 28.5 Å². The summed E-state index contributed by atoms with van der Waals surface area (Å²) in [5, 5.41) is 10.1. The number of ether oxygens (including phenoxy) is 2. The lowest BCUT2D eigenvalue weighted by molar-refractivity contribution is 0.276. The summed E-state index contributed by atoms with van der Waals surface area (Å²) in [6, 6.07) is 6.75. The second kappa shape index (κ2) is 8.20. The summed E-state index contributed by atoms with van der Waals surface area (Å²) in [5.74, 6) is 0.308. The zero-order valence-corrected chi connectivity index (χ0v) is 15.4. The summed E-state index contributed by atoms with van der Waals surface area (Å²) >= 11 is 0. The Bertz CT molecular complexity index is 723. The van der Waals surface area contributed by atoms with E-state index in [0.717, 1.165) is 0 Å². The van der Waals surface area contributed by atoms with Crippen molar-refractivity contribution in [2.45, 2.75) is 0 Å². The topological polar surface area (TPSA) is 90.4 Å². The van der Waals surface area contributed by atoms with E-state index >= 15 is 0 Å². The Kier molecular flexibility index (Phi) is 6.25. The molecule has 0 amide bonds. The number of pyridine rings is 1. The number of phenols is 1. The maximum absolute atomic E-state index is 12.7. The normalized spacial score (nSPS) is 11.2. The maximum Gasteiger partial charge on any atom is 0.349 e. The molecule has 0 aliphatic rings. The molecule has 0 bridgehead atoms. The molecule has 0 saturated carbocycles. The van der Waals surface area contributed by atoms with Gasteiger partial charge in [-0.15, -0.1) is 0 Å². The molecular weight excluding hydrogens is 347 g/mol. The highest BCUT2D eigenvalue weighted by atomic mass is 31.2. The van der Waals surface area contributed by atoms with E-state index in [1.807, 2.05) is 0 Å². The summed E-state index contributed by atoms with van der Waals surface area (Å²) in [6.07, 6.45) is 3.18. The number of benzene rings is 1.